The van der Waals surface area contributed by atoms with Gasteiger partial charge in [0.1, 0.15) is 11.3 Å². The van der Waals surface area contributed by atoms with Crippen LogP contribution in [0.2, 0.25) is 0 Å². The summed E-state index contributed by atoms with van der Waals surface area (Å²) in [5.74, 6) is 0.235. The van der Waals surface area contributed by atoms with Crippen molar-refractivity contribution in [1.82, 2.24) is 0 Å². The molecule has 0 aliphatic heterocycles. The second-order valence-electron chi connectivity index (χ2n) is 5.47. The Morgan fingerprint density at radius 2 is 1.86 bits per heavy atom. The van der Waals surface area contributed by atoms with Gasteiger partial charge in [-0.25, -0.2) is 4.79 Å². The third-order valence-corrected chi connectivity index (χ3v) is 4.09. The van der Waals surface area contributed by atoms with E-state index in [0.29, 0.717) is 5.58 Å². The number of benzene rings is 2. The van der Waals surface area contributed by atoms with Gasteiger partial charge in [-0.1, -0.05) is 30.3 Å². The van der Waals surface area contributed by atoms with Gasteiger partial charge in [0.2, 0.25) is 0 Å². The number of allylic oxidation sites excluding steroid dienone is 1. The van der Waals surface area contributed by atoms with Crippen LogP contribution in [0.5, 0.6) is 5.75 Å². The van der Waals surface area contributed by atoms with Crippen LogP contribution in [-0.4, -0.2) is 5.11 Å². The molecule has 1 aliphatic carbocycles. The standard InChI is InChI=1S/C19H14O3/c20-13-9-8-12-4-3-6-14(16(12)10-13)17-11-19(21)22-18-7-2-1-5-15(17)18/h1-2,5-11,20H,3-4H2. The van der Waals surface area contributed by atoms with Gasteiger partial charge in [-0.2, -0.15) is 0 Å². The molecule has 3 heteroatoms. The van der Waals surface area contributed by atoms with Crippen molar-refractivity contribution in [3.63, 3.8) is 0 Å². The molecule has 0 bridgehead atoms. The van der Waals surface area contributed by atoms with Crippen molar-refractivity contribution in [3.05, 3.63) is 81.7 Å². The van der Waals surface area contributed by atoms with Crippen molar-refractivity contribution in [2.75, 3.05) is 0 Å². The minimum atomic E-state index is -0.359. The van der Waals surface area contributed by atoms with Crippen LogP contribution in [0, 0.1) is 0 Å². The van der Waals surface area contributed by atoms with Crippen LogP contribution < -0.4 is 5.63 Å². The van der Waals surface area contributed by atoms with Gasteiger partial charge in [0.05, 0.1) is 0 Å². The van der Waals surface area contributed by atoms with Crippen LogP contribution in [0.3, 0.4) is 0 Å². The van der Waals surface area contributed by atoms with E-state index in [1.54, 1.807) is 18.2 Å². The van der Waals surface area contributed by atoms with E-state index in [0.717, 1.165) is 34.9 Å². The lowest BCUT2D eigenvalue weighted by Crippen LogP contribution is -2.05. The monoisotopic (exact) mass is 290 g/mol. The maximum Gasteiger partial charge on any atom is 0.336 e. The van der Waals surface area contributed by atoms with Gasteiger partial charge in [0, 0.05) is 17.0 Å². The van der Waals surface area contributed by atoms with Crippen LogP contribution in [-0.2, 0) is 6.42 Å². The minimum absolute atomic E-state index is 0.235. The predicted octanol–water partition coefficient (Wildman–Crippen LogP) is 3.88. The molecule has 1 aromatic heterocycles. The van der Waals surface area contributed by atoms with Gasteiger partial charge in [-0.3, -0.25) is 0 Å². The summed E-state index contributed by atoms with van der Waals surface area (Å²) in [4.78, 5) is 11.9. The van der Waals surface area contributed by atoms with Crippen molar-refractivity contribution in [1.29, 1.82) is 0 Å². The summed E-state index contributed by atoms with van der Waals surface area (Å²) < 4.78 is 5.27. The summed E-state index contributed by atoms with van der Waals surface area (Å²) in [6.07, 6.45) is 3.99. The number of aromatic hydroxyl groups is 1. The molecule has 4 rings (SSSR count). The highest BCUT2D eigenvalue weighted by Gasteiger charge is 2.18. The Kier molecular flexibility index (Phi) is 2.86. The van der Waals surface area contributed by atoms with Crippen molar-refractivity contribution in [2.24, 2.45) is 0 Å². The SMILES string of the molecule is O=c1cc(C2=CCCc3ccc(O)cc32)c2ccccc2o1. The molecule has 0 amide bonds. The number of hydrogen-bond donors (Lipinski definition) is 1. The van der Waals surface area contributed by atoms with Crippen LogP contribution in [0.15, 0.2) is 63.8 Å². The highest BCUT2D eigenvalue weighted by atomic mass is 16.4. The molecule has 22 heavy (non-hydrogen) atoms. The second kappa shape index (κ2) is 4.88. The zero-order valence-electron chi connectivity index (χ0n) is 11.9. The molecule has 0 saturated heterocycles. The first-order chi connectivity index (χ1) is 10.7. The Morgan fingerprint density at radius 3 is 2.77 bits per heavy atom. The zero-order valence-corrected chi connectivity index (χ0v) is 11.9. The number of rotatable bonds is 1. The topological polar surface area (TPSA) is 50.4 Å². The highest BCUT2D eigenvalue weighted by Crippen LogP contribution is 2.36. The van der Waals surface area contributed by atoms with E-state index < -0.39 is 0 Å². The van der Waals surface area contributed by atoms with E-state index in [4.69, 9.17) is 4.42 Å². The number of fused-ring (bicyclic) bond motifs is 2. The van der Waals surface area contributed by atoms with Gasteiger partial charge in [0.15, 0.2) is 0 Å². The molecule has 1 aliphatic rings. The fourth-order valence-corrected chi connectivity index (χ4v) is 3.10. The second-order valence-corrected chi connectivity index (χ2v) is 5.47. The van der Waals surface area contributed by atoms with Crippen molar-refractivity contribution in [2.45, 2.75) is 12.8 Å². The van der Waals surface area contributed by atoms with Gasteiger partial charge >= 0.3 is 5.63 Å². The average Bonchev–Trinajstić information content (AvgIpc) is 2.53. The first kappa shape index (κ1) is 12.9. The Bertz CT molecular complexity index is 964. The molecule has 0 saturated carbocycles. The first-order valence-corrected chi connectivity index (χ1v) is 7.28. The Morgan fingerprint density at radius 1 is 1.00 bits per heavy atom. The Labute approximate surface area is 127 Å². The molecule has 0 atom stereocenters. The maximum atomic E-state index is 11.9. The lowest BCUT2D eigenvalue weighted by atomic mass is 9.86. The van der Waals surface area contributed by atoms with E-state index >= 15 is 0 Å². The molecular formula is C19H14O3. The molecule has 0 unspecified atom stereocenters. The van der Waals surface area contributed by atoms with Crippen LogP contribution in [0.4, 0.5) is 0 Å². The third-order valence-electron chi connectivity index (χ3n) is 4.09. The summed E-state index contributed by atoms with van der Waals surface area (Å²) in [6.45, 7) is 0. The molecule has 0 spiro atoms. The zero-order chi connectivity index (χ0) is 15.1. The van der Waals surface area contributed by atoms with E-state index in [-0.39, 0.29) is 11.4 Å². The minimum Gasteiger partial charge on any atom is -0.508 e. The number of para-hydroxylation sites is 1. The number of phenolic OH excluding ortho intramolecular Hbond substituents is 1. The summed E-state index contributed by atoms with van der Waals surface area (Å²) in [5.41, 5.74) is 4.24. The summed E-state index contributed by atoms with van der Waals surface area (Å²) in [7, 11) is 0. The first-order valence-electron chi connectivity index (χ1n) is 7.28. The summed E-state index contributed by atoms with van der Waals surface area (Å²) in [5, 5.41) is 10.7. The molecule has 0 fully saturated rings. The van der Waals surface area contributed by atoms with E-state index in [1.807, 2.05) is 24.3 Å². The van der Waals surface area contributed by atoms with Gasteiger partial charge in [-0.15, -0.1) is 0 Å². The molecule has 0 radical (unpaired) electrons. The largest absolute Gasteiger partial charge is 0.508 e. The fourth-order valence-electron chi connectivity index (χ4n) is 3.10. The summed E-state index contributed by atoms with van der Waals surface area (Å²) in [6, 6.07) is 14.5. The molecule has 1 heterocycles. The molecule has 1 N–H and O–H groups in total. The third kappa shape index (κ3) is 2.02. The number of hydrogen-bond acceptors (Lipinski definition) is 3. The predicted molar refractivity (Wildman–Crippen MR) is 86.0 cm³/mol. The number of aryl methyl sites for hydroxylation is 1. The van der Waals surface area contributed by atoms with E-state index in [9.17, 15) is 9.90 Å². The lowest BCUT2D eigenvalue weighted by Gasteiger charge is -2.19. The van der Waals surface area contributed by atoms with Gasteiger partial charge in [-0.05, 0) is 47.7 Å². The molecule has 3 aromatic rings. The van der Waals surface area contributed by atoms with Crippen LogP contribution in [0.1, 0.15) is 23.1 Å². The van der Waals surface area contributed by atoms with E-state index in [1.165, 1.54) is 11.6 Å². The molecule has 3 nitrogen and oxygen atoms in total. The van der Waals surface area contributed by atoms with Crippen molar-refractivity contribution in [3.8, 4) is 5.75 Å². The Balaban J connectivity index is 2.03. The quantitative estimate of drug-likeness (QED) is 0.692. The van der Waals surface area contributed by atoms with Gasteiger partial charge < -0.3 is 9.52 Å². The Hall–Kier alpha value is -2.81. The van der Waals surface area contributed by atoms with Crippen LogP contribution >= 0.6 is 0 Å². The normalized spacial score (nSPS) is 13.7. The summed E-state index contributed by atoms with van der Waals surface area (Å²) >= 11 is 0. The lowest BCUT2D eigenvalue weighted by molar-refractivity contribution is 0.475. The van der Waals surface area contributed by atoms with E-state index in [2.05, 4.69) is 6.08 Å². The molecule has 2 aromatic carbocycles. The molecular weight excluding hydrogens is 276 g/mol. The van der Waals surface area contributed by atoms with Crippen molar-refractivity contribution < 1.29 is 9.52 Å². The maximum absolute atomic E-state index is 11.9. The van der Waals surface area contributed by atoms with Crippen LogP contribution in [0.25, 0.3) is 16.5 Å². The van der Waals surface area contributed by atoms with Gasteiger partial charge in [0.25, 0.3) is 0 Å². The average molecular weight is 290 g/mol. The smallest absolute Gasteiger partial charge is 0.336 e. The van der Waals surface area contributed by atoms with Crippen molar-refractivity contribution >= 4 is 16.5 Å². The highest BCUT2D eigenvalue weighted by molar-refractivity contribution is 5.96. The molecule has 108 valence electrons. The fraction of sp³-hybridized carbons (Fsp3) is 0.105. The number of phenols is 1.